The van der Waals surface area contributed by atoms with E-state index in [0.29, 0.717) is 6.61 Å². The molecule has 1 fully saturated rings. The summed E-state index contributed by atoms with van der Waals surface area (Å²) in [6, 6.07) is 19.6. The number of hydrogen-bond acceptors (Lipinski definition) is 4. The van der Waals surface area contributed by atoms with Gasteiger partial charge >= 0.3 is 0 Å². The molecule has 6 nitrogen and oxygen atoms in total. The number of rotatable bonds is 8. The summed E-state index contributed by atoms with van der Waals surface area (Å²) in [5.74, 6) is 0.797. The summed E-state index contributed by atoms with van der Waals surface area (Å²) in [6.45, 7) is 8.75. The van der Waals surface area contributed by atoms with Crippen LogP contribution in [0.5, 0.6) is 0 Å². The molecule has 1 atom stereocenters. The molecule has 162 valence electrons. The first kappa shape index (κ1) is 22.1. The normalized spacial score (nSPS) is 16.4. The SMILES string of the molecule is CN=C(NCc1ccccc1CN1CCN(c2ccccc2)CC1)NC(C)COC. The highest BCUT2D eigenvalue weighted by Gasteiger charge is 2.18. The molecule has 1 unspecified atom stereocenters. The van der Waals surface area contributed by atoms with Gasteiger partial charge in [-0.25, -0.2) is 0 Å². The Morgan fingerprint density at radius 2 is 1.67 bits per heavy atom. The Hall–Kier alpha value is -2.57. The molecule has 2 aromatic rings. The number of anilines is 1. The highest BCUT2D eigenvalue weighted by Crippen LogP contribution is 2.18. The summed E-state index contributed by atoms with van der Waals surface area (Å²) in [7, 11) is 3.51. The number of aliphatic imine (C=N–C) groups is 1. The number of guanidine groups is 1. The largest absolute Gasteiger partial charge is 0.383 e. The van der Waals surface area contributed by atoms with Crippen LogP contribution >= 0.6 is 0 Å². The van der Waals surface area contributed by atoms with E-state index < -0.39 is 0 Å². The minimum absolute atomic E-state index is 0.206. The lowest BCUT2D eigenvalue weighted by Crippen LogP contribution is -2.46. The molecule has 0 spiro atoms. The Morgan fingerprint density at radius 1 is 1.00 bits per heavy atom. The van der Waals surface area contributed by atoms with Gasteiger partial charge in [-0.1, -0.05) is 42.5 Å². The molecule has 6 heteroatoms. The van der Waals surface area contributed by atoms with Crippen LogP contribution < -0.4 is 15.5 Å². The van der Waals surface area contributed by atoms with Crippen LogP contribution in [0, 0.1) is 0 Å². The van der Waals surface area contributed by atoms with Gasteiger partial charge in [-0.05, 0) is 30.2 Å². The van der Waals surface area contributed by atoms with E-state index in [2.05, 4.69) is 86.9 Å². The molecule has 0 amide bonds. The first-order valence-corrected chi connectivity index (χ1v) is 10.7. The van der Waals surface area contributed by atoms with E-state index in [9.17, 15) is 0 Å². The molecule has 1 saturated heterocycles. The van der Waals surface area contributed by atoms with Gasteiger partial charge in [0.1, 0.15) is 0 Å². The number of methoxy groups -OCH3 is 1. The van der Waals surface area contributed by atoms with Crippen molar-refractivity contribution in [2.45, 2.75) is 26.1 Å². The predicted octanol–water partition coefficient (Wildman–Crippen LogP) is 2.71. The molecule has 30 heavy (non-hydrogen) atoms. The van der Waals surface area contributed by atoms with Crippen molar-refractivity contribution in [3.05, 3.63) is 65.7 Å². The molecule has 2 aromatic carbocycles. The van der Waals surface area contributed by atoms with Crippen LogP contribution in [0.1, 0.15) is 18.1 Å². The number of para-hydroxylation sites is 1. The van der Waals surface area contributed by atoms with E-state index in [1.54, 1.807) is 14.2 Å². The molecule has 2 N–H and O–H groups in total. The van der Waals surface area contributed by atoms with Crippen LogP contribution in [0.15, 0.2) is 59.6 Å². The molecule has 3 rings (SSSR count). The monoisotopic (exact) mass is 409 g/mol. The van der Waals surface area contributed by atoms with E-state index in [4.69, 9.17) is 4.74 Å². The molecule has 0 aliphatic carbocycles. The summed E-state index contributed by atoms with van der Waals surface area (Å²) in [5.41, 5.74) is 4.01. The fraction of sp³-hybridized carbons (Fsp3) is 0.458. The molecule has 1 heterocycles. The minimum Gasteiger partial charge on any atom is -0.383 e. The van der Waals surface area contributed by atoms with Crippen molar-refractivity contribution in [1.82, 2.24) is 15.5 Å². The van der Waals surface area contributed by atoms with Crippen molar-refractivity contribution in [2.75, 3.05) is 51.8 Å². The summed E-state index contributed by atoms with van der Waals surface area (Å²) >= 11 is 0. The fourth-order valence-electron chi connectivity index (χ4n) is 3.83. The maximum Gasteiger partial charge on any atom is 0.191 e. The van der Waals surface area contributed by atoms with Gasteiger partial charge in [-0.2, -0.15) is 0 Å². The van der Waals surface area contributed by atoms with Crippen molar-refractivity contribution < 1.29 is 4.74 Å². The summed E-state index contributed by atoms with van der Waals surface area (Å²) < 4.78 is 5.20. The number of nitrogens with zero attached hydrogens (tertiary/aromatic N) is 3. The maximum atomic E-state index is 5.20. The zero-order chi connectivity index (χ0) is 21.2. The number of benzene rings is 2. The van der Waals surface area contributed by atoms with Crippen LogP contribution in [0.2, 0.25) is 0 Å². The highest BCUT2D eigenvalue weighted by atomic mass is 16.5. The van der Waals surface area contributed by atoms with Gasteiger partial charge in [0.2, 0.25) is 0 Å². The van der Waals surface area contributed by atoms with E-state index in [1.165, 1.54) is 16.8 Å². The smallest absolute Gasteiger partial charge is 0.191 e. The first-order valence-electron chi connectivity index (χ1n) is 10.7. The Kier molecular flexibility index (Phi) is 8.53. The van der Waals surface area contributed by atoms with E-state index in [0.717, 1.165) is 45.2 Å². The average Bonchev–Trinajstić information content (AvgIpc) is 2.79. The average molecular weight is 410 g/mol. The van der Waals surface area contributed by atoms with Crippen molar-refractivity contribution in [3.63, 3.8) is 0 Å². The van der Waals surface area contributed by atoms with Gasteiger partial charge in [0.05, 0.1) is 6.61 Å². The van der Waals surface area contributed by atoms with Crippen LogP contribution in [0.3, 0.4) is 0 Å². The zero-order valence-corrected chi connectivity index (χ0v) is 18.5. The molecule has 0 radical (unpaired) electrons. The molecule has 0 aromatic heterocycles. The zero-order valence-electron chi connectivity index (χ0n) is 18.5. The quantitative estimate of drug-likeness (QED) is 0.519. The molecule has 0 bridgehead atoms. The number of nitrogens with one attached hydrogen (secondary N) is 2. The molecule has 1 aliphatic rings. The predicted molar refractivity (Wildman–Crippen MR) is 125 cm³/mol. The molecular weight excluding hydrogens is 374 g/mol. The number of piperazine rings is 1. The third kappa shape index (κ3) is 6.47. The van der Waals surface area contributed by atoms with Crippen LogP contribution in [0.25, 0.3) is 0 Å². The van der Waals surface area contributed by atoms with Gasteiger partial charge < -0.3 is 20.3 Å². The van der Waals surface area contributed by atoms with E-state index in [-0.39, 0.29) is 6.04 Å². The third-order valence-corrected chi connectivity index (χ3v) is 5.48. The Labute approximate surface area is 180 Å². The third-order valence-electron chi connectivity index (χ3n) is 5.48. The maximum absolute atomic E-state index is 5.20. The van der Waals surface area contributed by atoms with Crippen molar-refractivity contribution in [1.29, 1.82) is 0 Å². The highest BCUT2D eigenvalue weighted by molar-refractivity contribution is 5.79. The second kappa shape index (κ2) is 11.6. The van der Waals surface area contributed by atoms with Gasteiger partial charge in [-0.3, -0.25) is 9.89 Å². The first-order chi connectivity index (χ1) is 14.7. The summed E-state index contributed by atoms with van der Waals surface area (Å²) in [4.78, 5) is 9.35. The molecule has 0 saturated carbocycles. The van der Waals surface area contributed by atoms with Gasteiger partial charge in [-0.15, -0.1) is 0 Å². The Bertz CT molecular complexity index is 787. The fourth-order valence-corrected chi connectivity index (χ4v) is 3.83. The topological polar surface area (TPSA) is 52.1 Å². The lowest BCUT2D eigenvalue weighted by Gasteiger charge is -2.36. The van der Waals surface area contributed by atoms with Crippen LogP contribution in [-0.4, -0.2) is 63.8 Å². The number of hydrogen-bond donors (Lipinski definition) is 2. The lowest BCUT2D eigenvalue weighted by atomic mass is 10.1. The van der Waals surface area contributed by atoms with Gasteiger partial charge in [0.25, 0.3) is 0 Å². The van der Waals surface area contributed by atoms with Crippen LogP contribution in [-0.2, 0) is 17.8 Å². The standard InChI is InChI=1S/C24H35N5O/c1-20(19-30-3)27-24(25-2)26-17-21-9-7-8-10-22(21)18-28-13-15-29(16-14-28)23-11-5-4-6-12-23/h4-12,20H,13-19H2,1-3H3,(H2,25,26,27). The van der Waals surface area contributed by atoms with Crippen molar-refractivity contribution in [3.8, 4) is 0 Å². The van der Waals surface area contributed by atoms with Crippen LogP contribution in [0.4, 0.5) is 5.69 Å². The summed E-state index contributed by atoms with van der Waals surface area (Å²) in [6.07, 6.45) is 0. The number of ether oxygens (including phenoxy) is 1. The Morgan fingerprint density at radius 3 is 2.33 bits per heavy atom. The molecular formula is C24H35N5O. The minimum atomic E-state index is 0.206. The summed E-state index contributed by atoms with van der Waals surface area (Å²) in [5, 5.41) is 6.79. The van der Waals surface area contributed by atoms with Gasteiger partial charge in [0.15, 0.2) is 5.96 Å². The van der Waals surface area contributed by atoms with Crippen molar-refractivity contribution >= 4 is 11.6 Å². The molecule has 1 aliphatic heterocycles. The second-order valence-corrected chi connectivity index (χ2v) is 7.79. The van der Waals surface area contributed by atoms with E-state index in [1.807, 2.05) is 0 Å². The van der Waals surface area contributed by atoms with Gasteiger partial charge in [0, 0.05) is 65.2 Å². The van der Waals surface area contributed by atoms with Crippen molar-refractivity contribution in [2.24, 2.45) is 4.99 Å². The second-order valence-electron chi connectivity index (χ2n) is 7.79. The van der Waals surface area contributed by atoms with E-state index >= 15 is 0 Å². The lowest BCUT2D eigenvalue weighted by molar-refractivity contribution is 0.179. The Balaban J connectivity index is 1.53.